The molecule has 0 saturated heterocycles. The molecule has 31 heavy (non-hydrogen) atoms. The number of hydrogen-bond donors (Lipinski definition) is 6. The summed E-state index contributed by atoms with van der Waals surface area (Å²) in [7, 11) is -1.82. The third kappa shape index (κ3) is 11.0. The van der Waals surface area contributed by atoms with Gasteiger partial charge in [-0.3, -0.25) is 4.90 Å². The van der Waals surface area contributed by atoms with Gasteiger partial charge >= 0.3 is 20.1 Å². The van der Waals surface area contributed by atoms with E-state index in [2.05, 4.69) is 26.1 Å². The first-order valence-corrected chi connectivity index (χ1v) is 9.67. The third-order valence-corrected chi connectivity index (χ3v) is 3.80. The monoisotopic (exact) mass is 636 g/mol. The molecule has 0 heterocycles. The van der Waals surface area contributed by atoms with E-state index in [1.165, 1.54) is 13.6 Å². The normalized spacial score (nSPS) is 11.6. The Morgan fingerprint density at radius 1 is 1.03 bits per heavy atom. The van der Waals surface area contributed by atoms with Gasteiger partial charge in [0.1, 0.15) is 0 Å². The molecule has 0 saturated carbocycles. The first-order valence-electron chi connectivity index (χ1n) is 9.67. The maximum atomic E-state index is 12.3. The summed E-state index contributed by atoms with van der Waals surface area (Å²) in [5.41, 5.74) is 10.5. The summed E-state index contributed by atoms with van der Waals surface area (Å²) >= 11 is 0. The van der Waals surface area contributed by atoms with Gasteiger partial charge in [0.05, 0.1) is 0 Å². The van der Waals surface area contributed by atoms with Crippen LogP contribution in [0, 0.1) is 44.1 Å². The van der Waals surface area contributed by atoms with E-state index in [1.807, 2.05) is 19.1 Å². The molecule has 12 heteroatoms. The van der Waals surface area contributed by atoms with Gasteiger partial charge in [0.2, 0.25) is 0 Å². The number of nitrogens with one attached hydrogen (secondary N) is 5. The van der Waals surface area contributed by atoms with Crippen molar-refractivity contribution < 1.29 is 58.9 Å². The number of carbonyl (C=O) groups is 1. The summed E-state index contributed by atoms with van der Waals surface area (Å²) in [6.07, 6.45) is 0.663. The molecule has 9 nitrogen and oxygen atoms in total. The minimum atomic E-state index is -0.957. The molecule has 0 fully saturated rings. The third-order valence-electron chi connectivity index (χ3n) is 3.80. The maximum absolute atomic E-state index is 12.3. The van der Waals surface area contributed by atoms with E-state index in [0.717, 1.165) is 5.56 Å². The number of amides is 2. The predicted molar refractivity (Wildman–Crippen MR) is 125 cm³/mol. The van der Waals surface area contributed by atoms with Crippen LogP contribution < -0.4 is 21.2 Å². The Morgan fingerprint density at radius 2 is 1.61 bits per heavy atom. The summed E-state index contributed by atoms with van der Waals surface area (Å²) in [6.45, 7) is 4.86. The Hall–Kier alpha value is -1.57. The molecule has 0 aliphatic rings. The standard InChI is InChI=1S/C19H27B2N6O3.Ac/c1-13(22)11-14-7-9-15(10-8-14)24-19(28)25-17-6-4-5-16(12-17)23-18(26-20(2)29)27-21(3)30;/h4-10,12-13,22,29-30H,11H2,1-3H3,(H2,23,26,27)(H2,24,25,28);/q-1;. The Kier molecular flexibility index (Phi) is 12.2. The Bertz CT molecular complexity index is 866. The van der Waals surface area contributed by atoms with Crippen LogP contribution in [0.1, 0.15) is 12.5 Å². The average Bonchev–Trinajstić information content (AvgIpc) is 2.62. The number of hydrogen-bond acceptors (Lipinski definition) is 4. The van der Waals surface area contributed by atoms with Crippen molar-refractivity contribution >= 4 is 43.2 Å². The summed E-state index contributed by atoms with van der Waals surface area (Å²) in [4.78, 5) is 16.3. The molecule has 0 aliphatic carbocycles. The molecule has 0 spiro atoms. The van der Waals surface area contributed by atoms with Crippen molar-refractivity contribution in [2.75, 3.05) is 16.0 Å². The van der Waals surface area contributed by atoms with Crippen LogP contribution in [-0.4, -0.2) is 42.2 Å². The van der Waals surface area contributed by atoms with Crippen LogP contribution in [0.2, 0.25) is 13.6 Å². The molecule has 161 valence electrons. The van der Waals surface area contributed by atoms with Crippen molar-refractivity contribution in [1.29, 1.82) is 0 Å². The number of urea groups is 1. The molecule has 0 bridgehead atoms. The molecule has 2 amide bonds. The zero-order valence-corrected chi connectivity index (χ0v) is 22.6. The van der Waals surface area contributed by atoms with Crippen molar-refractivity contribution in [1.82, 2.24) is 5.23 Å². The largest absolute Gasteiger partial charge is 0.675 e. The quantitative estimate of drug-likeness (QED) is 0.158. The number of guanidine groups is 1. The van der Waals surface area contributed by atoms with Crippen molar-refractivity contribution in [2.24, 2.45) is 4.90 Å². The zero-order chi connectivity index (χ0) is 22.1. The van der Waals surface area contributed by atoms with Crippen LogP contribution in [0.15, 0.2) is 53.4 Å². The van der Waals surface area contributed by atoms with Gasteiger partial charge in [-0.25, -0.2) is 4.79 Å². The van der Waals surface area contributed by atoms with Gasteiger partial charge < -0.3 is 37.0 Å². The number of rotatable bonds is 7. The van der Waals surface area contributed by atoms with Gasteiger partial charge in [-0.05, 0) is 56.0 Å². The van der Waals surface area contributed by atoms with Crippen molar-refractivity contribution in [2.45, 2.75) is 33.0 Å². The van der Waals surface area contributed by atoms with Crippen LogP contribution in [0.25, 0.3) is 5.73 Å². The van der Waals surface area contributed by atoms with Gasteiger partial charge in [0.25, 0.3) is 0 Å². The van der Waals surface area contributed by atoms with Crippen molar-refractivity contribution in [3.63, 3.8) is 0 Å². The number of benzene rings is 2. The maximum Gasteiger partial charge on any atom is 0.431 e. The fraction of sp³-hybridized carbons (Fsp3) is 0.263. The summed E-state index contributed by atoms with van der Waals surface area (Å²) in [5, 5.41) is 30.1. The number of anilines is 3. The Labute approximate surface area is 219 Å². The molecule has 2 aromatic carbocycles. The second-order valence-electron chi connectivity index (χ2n) is 7.02. The first-order chi connectivity index (χ1) is 14.2. The SMILES string of the molecule is CB(O)/N=C(/NB(C)O)Nc1cccc(NC(=O)Nc2ccc(CC(C)[NH-])cc2)c1.[Ac]. The van der Waals surface area contributed by atoms with Crippen molar-refractivity contribution in [3.8, 4) is 0 Å². The Morgan fingerprint density at radius 3 is 2.16 bits per heavy atom. The van der Waals surface area contributed by atoms with Crippen LogP contribution in [-0.2, 0) is 6.42 Å². The fourth-order valence-corrected chi connectivity index (χ4v) is 2.67. The second kappa shape index (κ2) is 13.8. The molecule has 2 rings (SSSR count). The van der Waals surface area contributed by atoms with E-state index >= 15 is 0 Å². The number of carbonyl (C=O) groups excluding carboxylic acids is 1. The van der Waals surface area contributed by atoms with Crippen molar-refractivity contribution in [3.05, 3.63) is 59.8 Å². The van der Waals surface area contributed by atoms with Gasteiger partial charge in [-0.15, -0.1) is 6.04 Å². The number of nitrogens with zero attached hydrogens (tertiary/aromatic N) is 1. The van der Waals surface area contributed by atoms with E-state index in [0.29, 0.717) is 23.5 Å². The van der Waals surface area contributed by atoms with Gasteiger partial charge in [-0.2, -0.15) is 0 Å². The molecular formula is C19H27AcB2N6O3-. The summed E-state index contributed by atoms with van der Waals surface area (Å²) in [6, 6.07) is 13.8. The molecule has 0 aromatic heterocycles. The molecule has 7 N–H and O–H groups in total. The van der Waals surface area contributed by atoms with E-state index in [1.54, 1.807) is 36.4 Å². The van der Waals surface area contributed by atoms with Gasteiger partial charge in [-0.1, -0.05) is 25.1 Å². The average molecular weight is 636 g/mol. The topological polar surface area (TPSA) is 142 Å². The molecule has 1 unspecified atom stereocenters. The summed E-state index contributed by atoms with van der Waals surface area (Å²) < 4.78 is 0. The Balaban J connectivity index is 0.00000480. The van der Waals surface area contributed by atoms with E-state index < -0.39 is 20.1 Å². The second-order valence-corrected chi connectivity index (χ2v) is 7.02. The fourth-order valence-electron chi connectivity index (χ4n) is 2.67. The molecule has 1 radical (unpaired) electrons. The summed E-state index contributed by atoms with van der Waals surface area (Å²) in [5.74, 6) is 0.198. The first kappa shape index (κ1) is 27.5. The predicted octanol–water partition coefficient (Wildman–Crippen LogP) is 2.89. The van der Waals surface area contributed by atoms with E-state index in [4.69, 9.17) is 5.73 Å². The molecule has 2 aromatic rings. The molecule has 0 aliphatic heterocycles. The van der Waals surface area contributed by atoms with Gasteiger partial charge in [0.15, 0.2) is 5.96 Å². The van der Waals surface area contributed by atoms with Crippen LogP contribution in [0.4, 0.5) is 21.9 Å². The molecule has 1 atom stereocenters. The van der Waals surface area contributed by atoms with Crippen LogP contribution >= 0.6 is 0 Å². The van der Waals surface area contributed by atoms with E-state index in [9.17, 15) is 14.8 Å². The minimum Gasteiger partial charge on any atom is -0.675 e. The van der Waals surface area contributed by atoms with Crippen LogP contribution in [0.5, 0.6) is 0 Å². The van der Waals surface area contributed by atoms with Gasteiger partial charge in [0, 0.05) is 61.1 Å². The van der Waals surface area contributed by atoms with Crippen LogP contribution in [0.3, 0.4) is 0 Å². The minimum absolute atomic E-state index is 0. The zero-order valence-electron chi connectivity index (χ0n) is 17.9. The van der Waals surface area contributed by atoms with E-state index in [-0.39, 0.29) is 56.1 Å². The molecular weight excluding hydrogens is 609 g/mol. The smallest absolute Gasteiger partial charge is 0.431 e.